The predicted molar refractivity (Wildman–Crippen MR) is 75.8 cm³/mol. The second-order valence-electron chi connectivity index (χ2n) is 5.05. The molecule has 1 atom stereocenters. The van der Waals surface area contributed by atoms with Crippen molar-refractivity contribution in [3.05, 3.63) is 17.8 Å². The van der Waals surface area contributed by atoms with Gasteiger partial charge in [0.1, 0.15) is 12.2 Å². The van der Waals surface area contributed by atoms with E-state index in [0.29, 0.717) is 18.3 Å². The van der Waals surface area contributed by atoms with Crippen molar-refractivity contribution < 1.29 is 14.3 Å². The first-order valence-electron chi connectivity index (χ1n) is 6.78. The Balaban J connectivity index is 2.06. The van der Waals surface area contributed by atoms with Gasteiger partial charge in [0.15, 0.2) is 0 Å². The summed E-state index contributed by atoms with van der Waals surface area (Å²) in [5, 5.41) is 0. The first-order valence-corrected chi connectivity index (χ1v) is 6.78. The summed E-state index contributed by atoms with van der Waals surface area (Å²) in [6.07, 6.45) is 5.00. The van der Waals surface area contributed by atoms with Gasteiger partial charge in [-0.25, -0.2) is 9.78 Å². The highest BCUT2D eigenvalue weighted by molar-refractivity contribution is 5.92. The molecule has 1 saturated heterocycles. The summed E-state index contributed by atoms with van der Waals surface area (Å²) >= 11 is 0. The minimum atomic E-state index is -0.489. The highest BCUT2D eigenvalue weighted by Gasteiger charge is 2.21. The van der Waals surface area contributed by atoms with Crippen LogP contribution in [-0.2, 0) is 4.74 Å². The van der Waals surface area contributed by atoms with Crippen LogP contribution >= 0.6 is 0 Å². The maximum absolute atomic E-state index is 11.7. The van der Waals surface area contributed by atoms with E-state index in [2.05, 4.69) is 16.9 Å². The minimum absolute atomic E-state index is 0.269. The number of nitrogens with zero attached hydrogens (tertiary/aromatic N) is 2. The number of aromatic nitrogens is 1. The third-order valence-corrected chi connectivity index (χ3v) is 3.61. The summed E-state index contributed by atoms with van der Waals surface area (Å²) in [6.45, 7) is 1.59. The number of carbonyl (C=O) groups is 1. The van der Waals surface area contributed by atoms with E-state index in [1.165, 1.54) is 32.2 Å². The first kappa shape index (κ1) is 14.6. The van der Waals surface area contributed by atoms with E-state index in [9.17, 15) is 4.79 Å². The molecule has 0 amide bonds. The van der Waals surface area contributed by atoms with Crippen LogP contribution in [0.15, 0.2) is 12.3 Å². The number of hydrogen-bond donors (Lipinski definition) is 1. The van der Waals surface area contributed by atoms with Gasteiger partial charge in [-0.15, -0.1) is 0 Å². The number of nitrogen functional groups attached to an aromatic ring is 1. The molecule has 110 valence electrons. The number of anilines is 1. The lowest BCUT2D eigenvalue weighted by molar-refractivity contribution is 0.0590. The number of hydrogen-bond acceptors (Lipinski definition) is 6. The zero-order valence-electron chi connectivity index (χ0n) is 12.0. The van der Waals surface area contributed by atoms with E-state index in [1.54, 1.807) is 0 Å². The molecule has 20 heavy (non-hydrogen) atoms. The number of methoxy groups -OCH3 is 1. The molecule has 1 aromatic rings. The van der Waals surface area contributed by atoms with E-state index in [0.717, 1.165) is 13.0 Å². The lowest BCUT2D eigenvalue weighted by Gasteiger charge is -2.32. The van der Waals surface area contributed by atoms with Gasteiger partial charge in [0.2, 0.25) is 5.88 Å². The van der Waals surface area contributed by atoms with Gasteiger partial charge in [0.05, 0.1) is 19.0 Å². The largest absolute Gasteiger partial charge is 0.475 e. The fourth-order valence-electron chi connectivity index (χ4n) is 2.37. The zero-order valence-corrected chi connectivity index (χ0v) is 12.0. The summed E-state index contributed by atoms with van der Waals surface area (Å²) in [7, 11) is 3.41. The highest BCUT2D eigenvalue weighted by atomic mass is 16.5. The summed E-state index contributed by atoms with van der Waals surface area (Å²) in [6, 6.07) is 1.88. The maximum atomic E-state index is 11.7. The van der Waals surface area contributed by atoms with Gasteiger partial charge in [0, 0.05) is 6.04 Å². The Morgan fingerprint density at radius 1 is 1.55 bits per heavy atom. The highest BCUT2D eigenvalue weighted by Crippen LogP contribution is 2.21. The van der Waals surface area contributed by atoms with Crippen molar-refractivity contribution in [1.82, 2.24) is 9.88 Å². The molecule has 0 bridgehead atoms. The molecule has 0 radical (unpaired) electrons. The van der Waals surface area contributed by atoms with E-state index < -0.39 is 5.97 Å². The number of likely N-dealkylation sites (N-methyl/N-ethyl adjacent to an activating group) is 1. The first-order chi connectivity index (χ1) is 9.61. The standard InChI is InChI=1S/C14H21N3O3/c1-17-6-4-3-5-11(17)9-20-13-12(14(18)19-2)7-10(15)8-16-13/h7-8,11H,3-6,9,15H2,1-2H3. The van der Waals surface area contributed by atoms with Crippen molar-refractivity contribution in [3.8, 4) is 5.88 Å². The molecule has 1 aliphatic rings. The van der Waals surface area contributed by atoms with Gasteiger partial charge < -0.3 is 20.1 Å². The van der Waals surface area contributed by atoms with E-state index in [-0.39, 0.29) is 11.4 Å². The molecule has 1 unspecified atom stereocenters. The molecule has 1 fully saturated rings. The van der Waals surface area contributed by atoms with Crippen LogP contribution < -0.4 is 10.5 Å². The quantitative estimate of drug-likeness (QED) is 0.837. The smallest absolute Gasteiger partial charge is 0.343 e. The van der Waals surface area contributed by atoms with Gasteiger partial charge in [0.25, 0.3) is 0 Å². The van der Waals surface area contributed by atoms with E-state index >= 15 is 0 Å². The van der Waals surface area contributed by atoms with Crippen LogP contribution in [-0.4, -0.2) is 49.2 Å². The van der Waals surface area contributed by atoms with Crippen LogP contribution in [0.4, 0.5) is 5.69 Å². The topological polar surface area (TPSA) is 77.7 Å². The van der Waals surface area contributed by atoms with Crippen LogP contribution in [0.1, 0.15) is 29.6 Å². The average Bonchev–Trinajstić information content (AvgIpc) is 2.46. The molecule has 2 heterocycles. The number of nitrogens with two attached hydrogens (primary N) is 1. The van der Waals surface area contributed by atoms with Crippen LogP contribution in [0.2, 0.25) is 0 Å². The number of rotatable bonds is 4. The normalized spacial score (nSPS) is 19.6. The van der Waals surface area contributed by atoms with Crippen molar-refractivity contribution >= 4 is 11.7 Å². The Hall–Kier alpha value is -1.82. The van der Waals surface area contributed by atoms with Crippen LogP contribution in [0.25, 0.3) is 0 Å². The van der Waals surface area contributed by atoms with Crippen molar-refractivity contribution in [3.63, 3.8) is 0 Å². The van der Waals surface area contributed by atoms with Gasteiger partial charge in [-0.05, 0) is 32.5 Å². The number of esters is 1. The SMILES string of the molecule is COC(=O)c1cc(N)cnc1OCC1CCCCN1C. The Labute approximate surface area is 118 Å². The Morgan fingerprint density at radius 3 is 3.05 bits per heavy atom. The summed E-state index contributed by atoms with van der Waals surface area (Å²) in [4.78, 5) is 18.1. The maximum Gasteiger partial charge on any atom is 0.343 e. The molecule has 0 spiro atoms. The summed E-state index contributed by atoms with van der Waals surface area (Å²) < 4.78 is 10.4. The molecule has 2 rings (SSSR count). The molecule has 6 heteroatoms. The predicted octanol–water partition coefficient (Wildman–Crippen LogP) is 1.31. The molecule has 1 aromatic heterocycles. The number of likely N-dealkylation sites (tertiary alicyclic amines) is 1. The third kappa shape index (κ3) is 3.39. The molecule has 2 N–H and O–H groups in total. The van der Waals surface area contributed by atoms with Crippen molar-refractivity contribution in [1.29, 1.82) is 0 Å². The van der Waals surface area contributed by atoms with Crippen molar-refractivity contribution in [2.45, 2.75) is 25.3 Å². The van der Waals surface area contributed by atoms with E-state index in [1.807, 2.05) is 0 Å². The second-order valence-corrected chi connectivity index (χ2v) is 5.05. The third-order valence-electron chi connectivity index (χ3n) is 3.61. The molecular formula is C14H21N3O3. The summed E-state index contributed by atoms with van der Waals surface area (Å²) in [5.41, 5.74) is 6.33. The molecule has 6 nitrogen and oxygen atoms in total. The number of ether oxygens (including phenoxy) is 2. The van der Waals surface area contributed by atoms with Gasteiger partial charge in [-0.1, -0.05) is 6.42 Å². The minimum Gasteiger partial charge on any atom is -0.475 e. The Kier molecular flexibility index (Phi) is 4.79. The van der Waals surface area contributed by atoms with Crippen LogP contribution in [0.5, 0.6) is 5.88 Å². The van der Waals surface area contributed by atoms with Gasteiger partial charge >= 0.3 is 5.97 Å². The van der Waals surface area contributed by atoms with Crippen molar-refractivity contribution in [2.24, 2.45) is 0 Å². The number of carbonyl (C=O) groups excluding carboxylic acids is 1. The van der Waals surface area contributed by atoms with E-state index in [4.69, 9.17) is 15.2 Å². The summed E-state index contributed by atoms with van der Waals surface area (Å²) in [5.74, 6) is -0.207. The lowest BCUT2D eigenvalue weighted by Crippen LogP contribution is -2.40. The Bertz CT molecular complexity index is 479. The molecule has 0 saturated carbocycles. The molecule has 1 aliphatic heterocycles. The molecule has 0 aliphatic carbocycles. The second kappa shape index (κ2) is 6.56. The van der Waals surface area contributed by atoms with Crippen molar-refractivity contribution in [2.75, 3.05) is 33.0 Å². The molecular weight excluding hydrogens is 258 g/mol. The van der Waals surface area contributed by atoms with Gasteiger partial charge in [-0.2, -0.15) is 0 Å². The molecule has 0 aromatic carbocycles. The lowest BCUT2D eigenvalue weighted by atomic mass is 10.0. The fourth-order valence-corrected chi connectivity index (χ4v) is 2.37. The number of piperidine rings is 1. The monoisotopic (exact) mass is 279 g/mol. The fraction of sp³-hybridized carbons (Fsp3) is 0.571. The van der Waals surface area contributed by atoms with Crippen LogP contribution in [0, 0.1) is 0 Å². The number of pyridine rings is 1. The zero-order chi connectivity index (χ0) is 14.5. The van der Waals surface area contributed by atoms with Gasteiger partial charge in [-0.3, -0.25) is 0 Å². The average molecular weight is 279 g/mol. The van der Waals surface area contributed by atoms with Crippen LogP contribution in [0.3, 0.4) is 0 Å². The Morgan fingerprint density at radius 2 is 2.35 bits per heavy atom.